The number of nitrogens with two attached hydrogens (primary N) is 1. The number of nitrogens with one attached hydrogen (secondary N) is 1. The van der Waals surface area contributed by atoms with Gasteiger partial charge in [-0.15, -0.1) is 0 Å². The Labute approximate surface area is 503 Å². The molecule has 13 nitrogen and oxygen atoms in total. The molecule has 1 aromatic heterocycles. The second-order valence-corrected chi connectivity index (χ2v) is 28.8. The summed E-state index contributed by atoms with van der Waals surface area (Å²) in [4.78, 5) is 19.3. The summed E-state index contributed by atoms with van der Waals surface area (Å²) in [5, 5.41) is 93.8. The van der Waals surface area contributed by atoms with Gasteiger partial charge in [0.1, 0.15) is 36.4 Å². The standard InChI is InChI=1S/C73H84N2O11/c74-40-86-59-29-41(13-17-56(59)80)12-16-55(79)51-31-44(30-43-14-15-47(78)34-57(43)81)50-32-45-33-54(62(63(50)65(51)83)52-35-58(82)66(84)67(61(45)52)85-37-42-8-7-9-46(77)28-42)73-26-25-69(68(73)49-18-27-75-64(49)48-10-1-2-11-53(48)73)23-24-70(38-69)39-71(19-3-4-20-71)72(60(70)36-76)21-5-6-22-72/h1-2,7-11,13-15,17-18,27-29,34-35,44-45,50-51,54,60,62-63,65,68,75-78,80-84H,3-6,12,16,19-26,30-33,36-40,74H2/t44-,45-,50+,51+,54-,60+,62-,63+,65-,68+,69+,70-,73+/m0/s1. The van der Waals surface area contributed by atoms with Gasteiger partial charge in [-0.2, -0.15) is 0 Å². The Bertz CT molecular complexity index is 3620. The molecule has 86 heavy (non-hydrogen) atoms. The highest BCUT2D eigenvalue weighted by molar-refractivity contribution is 5.82. The van der Waals surface area contributed by atoms with E-state index in [2.05, 4.69) is 41.5 Å². The van der Waals surface area contributed by atoms with Gasteiger partial charge < -0.3 is 55.3 Å². The van der Waals surface area contributed by atoms with Crippen molar-refractivity contribution < 1.29 is 55.1 Å². The molecule has 10 aliphatic carbocycles. The van der Waals surface area contributed by atoms with Crippen LogP contribution in [0.4, 0.5) is 0 Å². The number of fused-ring (bicyclic) bond motifs is 10. The van der Waals surface area contributed by atoms with E-state index < -0.39 is 29.3 Å². The first-order valence-electron chi connectivity index (χ1n) is 32.4. The second kappa shape index (κ2) is 20.7. The number of aryl methyl sites for hydroxylation is 1. The lowest BCUT2D eigenvalue weighted by molar-refractivity contribution is -0.136. The average molecular weight is 1170 g/mol. The fourth-order valence-electron chi connectivity index (χ4n) is 22.8. The molecule has 13 atom stereocenters. The van der Waals surface area contributed by atoms with E-state index in [0.29, 0.717) is 43.2 Å². The Hall–Kier alpha value is -6.67. The molecule has 0 unspecified atom stereocenters. The molecule has 452 valence electrons. The quantitative estimate of drug-likeness (QED) is 0.0384. The zero-order valence-corrected chi connectivity index (χ0v) is 49.2. The van der Waals surface area contributed by atoms with Gasteiger partial charge in [0.2, 0.25) is 5.75 Å². The number of Topliss-reactive ketones (excluding diaryl/α,β-unsaturated/α-hetero) is 1. The number of H-pyrrole nitrogens is 1. The van der Waals surface area contributed by atoms with Crippen LogP contribution < -0.4 is 15.2 Å². The van der Waals surface area contributed by atoms with Crippen LogP contribution in [0.1, 0.15) is 172 Å². The van der Waals surface area contributed by atoms with Gasteiger partial charge in [-0.05, 0) is 235 Å². The van der Waals surface area contributed by atoms with E-state index in [1.54, 1.807) is 54.6 Å². The van der Waals surface area contributed by atoms with Crippen molar-refractivity contribution in [3.8, 4) is 57.3 Å². The third-order valence-corrected chi connectivity index (χ3v) is 25.5. The van der Waals surface area contributed by atoms with Gasteiger partial charge in [-0.1, -0.05) is 74.2 Å². The molecular formula is C73H84N2O11. The predicted molar refractivity (Wildman–Crippen MR) is 325 cm³/mol. The smallest absolute Gasteiger partial charge is 0.200 e. The zero-order chi connectivity index (χ0) is 59.1. The van der Waals surface area contributed by atoms with Crippen molar-refractivity contribution in [3.05, 3.63) is 142 Å². The molecule has 0 amide bonds. The summed E-state index contributed by atoms with van der Waals surface area (Å²) in [6.07, 6.45) is 19.8. The molecule has 6 aromatic rings. The molecule has 11 N–H and O–H groups in total. The van der Waals surface area contributed by atoms with E-state index in [1.807, 2.05) is 6.07 Å². The second-order valence-electron chi connectivity index (χ2n) is 28.8. The van der Waals surface area contributed by atoms with Crippen LogP contribution in [-0.2, 0) is 29.7 Å². The maximum Gasteiger partial charge on any atom is 0.200 e. The first kappa shape index (κ1) is 55.9. The van der Waals surface area contributed by atoms with Gasteiger partial charge in [-0.3, -0.25) is 10.5 Å². The summed E-state index contributed by atoms with van der Waals surface area (Å²) in [6, 6.07) is 29.7. The average Bonchev–Trinajstić information content (AvgIpc) is 1.47. The number of aromatic nitrogens is 1. The van der Waals surface area contributed by atoms with Gasteiger partial charge >= 0.3 is 0 Å². The van der Waals surface area contributed by atoms with Crippen LogP contribution in [0.2, 0.25) is 0 Å². The SMILES string of the molecule is NCOc1cc(CCC(=O)[C@H]2C[C@H](Cc3ccc(O)cc3O)[C@H]3C[C@H]4C[C@H]([C@]56CC[C@@]7(CC[C@@]8(CC9(CCCC9)C9(CCCC9)[C@@H]8CO)C7)[C@H]5c5cc[nH]c5-c5ccccc56)[C@H](c5cc(O)c(O)c(OCc6cccc(O)c6)c54)[C@@H]3[C@H]2O)ccc1O. The summed E-state index contributed by atoms with van der Waals surface area (Å²) in [5.41, 5.74) is 14.3. The highest BCUT2D eigenvalue weighted by Crippen LogP contribution is 2.84. The van der Waals surface area contributed by atoms with E-state index in [4.69, 9.17) is 15.2 Å². The Morgan fingerprint density at radius 2 is 1.48 bits per heavy atom. The third-order valence-electron chi connectivity index (χ3n) is 25.5. The number of ether oxygens (including phenoxy) is 2. The molecule has 7 fully saturated rings. The predicted octanol–water partition coefficient (Wildman–Crippen LogP) is 13.2. The lowest BCUT2D eigenvalue weighted by Gasteiger charge is -2.56. The maximum absolute atomic E-state index is 15.5. The van der Waals surface area contributed by atoms with Crippen LogP contribution >= 0.6 is 0 Å². The summed E-state index contributed by atoms with van der Waals surface area (Å²) in [5.74, 6) is -2.77. The fraction of sp³-hybridized carbons (Fsp3) is 0.521. The van der Waals surface area contributed by atoms with E-state index in [0.717, 1.165) is 48.8 Å². The van der Waals surface area contributed by atoms with Crippen LogP contribution in [0, 0.1) is 57.2 Å². The van der Waals surface area contributed by atoms with E-state index in [1.165, 1.54) is 86.2 Å². The summed E-state index contributed by atoms with van der Waals surface area (Å²) < 4.78 is 12.3. The zero-order valence-electron chi connectivity index (χ0n) is 49.2. The lowest BCUT2D eigenvalue weighted by atomic mass is 9.47. The van der Waals surface area contributed by atoms with Gasteiger partial charge in [0, 0.05) is 59.4 Å². The van der Waals surface area contributed by atoms with E-state index in [9.17, 15) is 40.9 Å². The molecule has 1 heterocycles. The minimum Gasteiger partial charge on any atom is -0.508 e. The number of phenolic OH excluding ortho intramolecular Hbond substituents is 6. The van der Waals surface area contributed by atoms with Crippen molar-refractivity contribution in [2.75, 3.05) is 13.3 Å². The third kappa shape index (κ3) is 8.21. The van der Waals surface area contributed by atoms with Crippen molar-refractivity contribution >= 4 is 5.78 Å². The van der Waals surface area contributed by atoms with Crippen molar-refractivity contribution in [3.63, 3.8) is 0 Å². The molecule has 2 bridgehead atoms. The molecule has 0 radical (unpaired) electrons. The number of hydrogen-bond donors (Lipinski definition) is 10. The van der Waals surface area contributed by atoms with Crippen molar-refractivity contribution in [1.29, 1.82) is 0 Å². The first-order valence-corrected chi connectivity index (χ1v) is 32.4. The molecule has 0 saturated heterocycles. The van der Waals surface area contributed by atoms with E-state index in [-0.39, 0.29) is 135 Å². The fourth-order valence-corrected chi connectivity index (χ4v) is 22.8. The minimum atomic E-state index is -1.13. The number of rotatable bonds is 13. The van der Waals surface area contributed by atoms with Crippen LogP contribution in [0.3, 0.4) is 0 Å². The van der Waals surface area contributed by atoms with Gasteiger partial charge in [-0.25, -0.2) is 0 Å². The van der Waals surface area contributed by atoms with Gasteiger partial charge in [0.25, 0.3) is 0 Å². The Balaban J connectivity index is 0.909. The number of aromatic amines is 1. The molecule has 5 aromatic carbocycles. The van der Waals surface area contributed by atoms with Crippen LogP contribution in [0.15, 0.2) is 103 Å². The Morgan fingerprint density at radius 3 is 2.27 bits per heavy atom. The summed E-state index contributed by atoms with van der Waals surface area (Å²) in [7, 11) is 0. The summed E-state index contributed by atoms with van der Waals surface area (Å²) in [6.45, 7) is 0.113. The van der Waals surface area contributed by atoms with Crippen molar-refractivity contribution in [1.82, 2.24) is 4.98 Å². The van der Waals surface area contributed by atoms with Crippen molar-refractivity contribution in [2.24, 2.45) is 62.9 Å². The molecule has 7 saturated carbocycles. The Kier molecular flexibility index (Phi) is 13.5. The minimum absolute atomic E-state index is 0.00564. The van der Waals surface area contributed by atoms with Gasteiger partial charge in [0.15, 0.2) is 23.0 Å². The molecule has 10 aliphatic rings. The normalized spacial score (nSPS) is 33.0. The topological polar surface area (TPSA) is 239 Å². The Morgan fingerprint density at radius 1 is 0.698 bits per heavy atom. The number of phenols is 6. The number of aliphatic hydroxyl groups excluding tert-OH is 2. The number of hydrogen-bond acceptors (Lipinski definition) is 12. The van der Waals surface area contributed by atoms with Crippen LogP contribution in [0.5, 0.6) is 46.0 Å². The van der Waals surface area contributed by atoms with Crippen LogP contribution in [0.25, 0.3) is 11.3 Å². The van der Waals surface area contributed by atoms with Crippen molar-refractivity contribution in [2.45, 2.75) is 164 Å². The molecule has 0 aliphatic heterocycles. The molecule has 4 spiro atoms. The first-order chi connectivity index (χ1) is 41.7. The molecular weight excluding hydrogens is 1080 g/mol. The summed E-state index contributed by atoms with van der Waals surface area (Å²) >= 11 is 0. The monoisotopic (exact) mass is 1160 g/mol. The number of carbonyl (C=O) groups excluding carboxylic acids is 1. The number of carbonyl (C=O) groups is 1. The number of aromatic hydroxyl groups is 6. The molecule has 13 heteroatoms. The van der Waals surface area contributed by atoms with Crippen LogP contribution in [-0.4, -0.2) is 71.1 Å². The maximum atomic E-state index is 15.5. The lowest BCUT2D eigenvalue weighted by Crippen LogP contribution is -2.53. The van der Waals surface area contributed by atoms with E-state index >= 15 is 4.79 Å². The highest BCUT2D eigenvalue weighted by atomic mass is 16.5. The number of benzene rings is 5. The highest BCUT2D eigenvalue weighted by Gasteiger charge is 2.75. The number of ketones is 1. The largest absolute Gasteiger partial charge is 0.508 e. The number of aliphatic hydroxyl groups is 2. The van der Waals surface area contributed by atoms with Gasteiger partial charge in [0.05, 0.1) is 6.10 Å². The molecule has 16 rings (SSSR count).